The lowest BCUT2D eigenvalue weighted by Crippen LogP contribution is -2.32. The van der Waals surface area contributed by atoms with Gasteiger partial charge in [-0.05, 0) is 68.7 Å². The van der Waals surface area contributed by atoms with Crippen LogP contribution in [0.25, 0.3) is 10.9 Å². The van der Waals surface area contributed by atoms with E-state index in [1.807, 2.05) is 26.2 Å². The fourth-order valence-corrected chi connectivity index (χ4v) is 3.93. The molecule has 1 aromatic carbocycles. The van der Waals surface area contributed by atoms with Gasteiger partial charge in [0.1, 0.15) is 5.82 Å². The van der Waals surface area contributed by atoms with Crippen molar-refractivity contribution in [2.24, 2.45) is 11.3 Å². The molecule has 1 aromatic heterocycles. The lowest BCUT2D eigenvalue weighted by Gasteiger charge is -2.30. The molecule has 0 aliphatic heterocycles. The Kier molecular flexibility index (Phi) is 6.76. The summed E-state index contributed by atoms with van der Waals surface area (Å²) in [5.41, 5.74) is 1.42. The van der Waals surface area contributed by atoms with Gasteiger partial charge in [0.05, 0.1) is 5.52 Å². The van der Waals surface area contributed by atoms with Gasteiger partial charge in [0.25, 0.3) is 0 Å². The number of nitrogens with one attached hydrogen (secondary N) is 2. The number of nitrogens with zero attached hydrogens (tertiary/aromatic N) is 3. The standard InChI is InChI=1S/C23H37N5/c1-23(2,3)14-15-24-16-17-10-12-18(13-11-17)25-22-26-20-9-7-6-8-19(20)21(27-22)28(4)5/h6-9,17-18,24H,10-16H2,1-5H3,(H,25,26,27). The first-order chi connectivity index (χ1) is 13.3. The molecule has 0 bridgehead atoms. The number of anilines is 2. The molecule has 3 rings (SSSR count). The van der Waals surface area contributed by atoms with Crippen molar-refractivity contribution in [3.05, 3.63) is 24.3 Å². The van der Waals surface area contributed by atoms with Gasteiger partial charge < -0.3 is 15.5 Å². The topological polar surface area (TPSA) is 53.1 Å². The minimum Gasteiger partial charge on any atom is -0.362 e. The summed E-state index contributed by atoms with van der Waals surface area (Å²) < 4.78 is 0. The second kappa shape index (κ2) is 9.08. The lowest BCUT2D eigenvalue weighted by molar-refractivity contribution is 0.309. The Morgan fingerprint density at radius 1 is 1.04 bits per heavy atom. The van der Waals surface area contributed by atoms with Gasteiger partial charge in [-0.1, -0.05) is 32.9 Å². The molecule has 0 radical (unpaired) electrons. The highest BCUT2D eigenvalue weighted by atomic mass is 15.2. The highest BCUT2D eigenvalue weighted by molar-refractivity contribution is 5.90. The first-order valence-corrected chi connectivity index (χ1v) is 10.7. The molecular formula is C23H37N5. The van der Waals surface area contributed by atoms with E-state index in [0.717, 1.165) is 41.7 Å². The largest absolute Gasteiger partial charge is 0.362 e. The van der Waals surface area contributed by atoms with E-state index in [-0.39, 0.29) is 0 Å². The summed E-state index contributed by atoms with van der Waals surface area (Å²) in [7, 11) is 4.08. The zero-order chi connectivity index (χ0) is 20.1. The van der Waals surface area contributed by atoms with Gasteiger partial charge in [-0.2, -0.15) is 4.98 Å². The van der Waals surface area contributed by atoms with Crippen LogP contribution >= 0.6 is 0 Å². The first kappa shape index (κ1) is 20.8. The number of hydrogen-bond donors (Lipinski definition) is 2. The number of para-hydroxylation sites is 1. The van der Waals surface area contributed by atoms with E-state index >= 15 is 0 Å². The molecule has 1 aliphatic carbocycles. The quantitative estimate of drug-likeness (QED) is 0.679. The van der Waals surface area contributed by atoms with Crippen molar-refractivity contribution in [3.8, 4) is 0 Å². The predicted octanol–water partition coefficient (Wildman–Crippen LogP) is 4.69. The third-order valence-electron chi connectivity index (χ3n) is 5.67. The Balaban J connectivity index is 1.52. The molecule has 0 saturated heterocycles. The number of rotatable bonds is 7. The second-order valence-corrected chi connectivity index (χ2v) is 9.66. The van der Waals surface area contributed by atoms with Gasteiger partial charge in [-0.25, -0.2) is 4.98 Å². The Bertz CT molecular complexity index is 757. The van der Waals surface area contributed by atoms with Crippen LogP contribution in [-0.2, 0) is 0 Å². The normalized spacial score (nSPS) is 20.3. The van der Waals surface area contributed by atoms with Crippen molar-refractivity contribution in [2.75, 3.05) is 37.4 Å². The monoisotopic (exact) mass is 383 g/mol. The molecule has 1 heterocycles. The maximum absolute atomic E-state index is 4.79. The van der Waals surface area contributed by atoms with E-state index in [4.69, 9.17) is 9.97 Å². The number of fused-ring (bicyclic) bond motifs is 1. The molecule has 28 heavy (non-hydrogen) atoms. The van der Waals surface area contributed by atoms with Gasteiger partial charge >= 0.3 is 0 Å². The van der Waals surface area contributed by atoms with Gasteiger partial charge in [0.15, 0.2) is 0 Å². The lowest BCUT2D eigenvalue weighted by atomic mass is 9.86. The summed E-state index contributed by atoms with van der Waals surface area (Å²) in [5.74, 6) is 2.53. The van der Waals surface area contributed by atoms with Crippen LogP contribution in [0.15, 0.2) is 24.3 Å². The highest BCUT2D eigenvalue weighted by Crippen LogP contribution is 2.28. The number of hydrogen-bond acceptors (Lipinski definition) is 5. The molecule has 1 saturated carbocycles. The molecule has 1 fully saturated rings. The maximum atomic E-state index is 4.79. The maximum Gasteiger partial charge on any atom is 0.225 e. The predicted molar refractivity (Wildman–Crippen MR) is 120 cm³/mol. The number of benzene rings is 1. The Hall–Kier alpha value is -1.88. The van der Waals surface area contributed by atoms with Crippen LogP contribution in [0.5, 0.6) is 0 Å². The van der Waals surface area contributed by atoms with Crippen LogP contribution in [0.3, 0.4) is 0 Å². The van der Waals surface area contributed by atoms with Crippen LogP contribution in [0.1, 0.15) is 52.9 Å². The molecular weight excluding hydrogens is 346 g/mol. The van der Waals surface area contributed by atoms with E-state index < -0.39 is 0 Å². The van der Waals surface area contributed by atoms with Gasteiger partial charge in [-0.15, -0.1) is 0 Å². The van der Waals surface area contributed by atoms with E-state index in [9.17, 15) is 0 Å². The van der Waals surface area contributed by atoms with Crippen LogP contribution in [0.4, 0.5) is 11.8 Å². The van der Waals surface area contributed by atoms with Crippen molar-refractivity contribution < 1.29 is 0 Å². The van der Waals surface area contributed by atoms with Crippen molar-refractivity contribution >= 4 is 22.7 Å². The van der Waals surface area contributed by atoms with Crippen LogP contribution in [0.2, 0.25) is 0 Å². The van der Waals surface area contributed by atoms with Crippen molar-refractivity contribution in [2.45, 2.75) is 58.9 Å². The molecule has 5 heteroatoms. The summed E-state index contributed by atoms with van der Waals surface area (Å²) in [5, 5.41) is 8.37. The van der Waals surface area contributed by atoms with E-state index in [1.54, 1.807) is 0 Å². The minimum absolute atomic E-state index is 0.417. The van der Waals surface area contributed by atoms with Crippen LogP contribution < -0.4 is 15.5 Å². The molecule has 2 N–H and O–H groups in total. The van der Waals surface area contributed by atoms with Crippen LogP contribution in [-0.4, -0.2) is 43.2 Å². The number of aromatic nitrogens is 2. The van der Waals surface area contributed by atoms with Crippen molar-refractivity contribution in [3.63, 3.8) is 0 Å². The first-order valence-electron chi connectivity index (χ1n) is 10.7. The summed E-state index contributed by atoms with van der Waals surface area (Å²) >= 11 is 0. The minimum atomic E-state index is 0.417. The third-order valence-corrected chi connectivity index (χ3v) is 5.67. The van der Waals surface area contributed by atoms with Crippen molar-refractivity contribution in [1.29, 1.82) is 0 Å². The SMILES string of the molecule is CN(C)c1nc(NC2CCC(CNCCC(C)(C)C)CC2)nc2ccccc12. The fourth-order valence-electron chi connectivity index (χ4n) is 3.93. The zero-order valence-electron chi connectivity index (χ0n) is 18.3. The second-order valence-electron chi connectivity index (χ2n) is 9.66. The Labute approximate surface area is 170 Å². The van der Waals surface area contributed by atoms with Crippen molar-refractivity contribution in [1.82, 2.24) is 15.3 Å². The van der Waals surface area contributed by atoms with Gasteiger partial charge in [-0.3, -0.25) is 0 Å². The van der Waals surface area contributed by atoms with Gasteiger partial charge in [0, 0.05) is 25.5 Å². The van der Waals surface area contributed by atoms with E-state index in [2.05, 4.69) is 48.4 Å². The molecule has 0 atom stereocenters. The molecule has 1 aliphatic rings. The molecule has 0 unspecified atom stereocenters. The average molecular weight is 384 g/mol. The van der Waals surface area contributed by atoms with E-state index in [0.29, 0.717) is 11.5 Å². The Morgan fingerprint density at radius 3 is 2.43 bits per heavy atom. The highest BCUT2D eigenvalue weighted by Gasteiger charge is 2.22. The smallest absolute Gasteiger partial charge is 0.225 e. The molecule has 0 spiro atoms. The van der Waals surface area contributed by atoms with Crippen LogP contribution in [0, 0.1) is 11.3 Å². The summed E-state index contributed by atoms with van der Waals surface area (Å²) in [6.07, 6.45) is 6.16. The van der Waals surface area contributed by atoms with Gasteiger partial charge in [0.2, 0.25) is 5.95 Å². The molecule has 2 aromatic rings. The zero-order valence-corrected chi connectivity index (χ0v) is 18.3. The summed E-state index contributed by atoms with van der Waals surface area (Å²) in [6, 6.07) is 8.71. The van der Waals surface area contributed by atoms with E-state index in [1.165, 1.54) is 32.1 Å². The average Bonchev–Trinajstić information content (AvgIpc) is 2.65. The fraction of sp³-hybridized carbons (Fsp3) is 0.652. The molecule has 0 amide bonds. The molecule has 5 nitrogen and oxygen atoms in total. The third kappa shape index (κ3) is 5.81. The summed E-state index contributed by atoms with van der Waals surface area (Å²) in [6.45, 7) is 9.20. The Morgan fingerprint density at radius 2 is 1.75 bits per heavy atom. The summed E-state index contributed by atoms with van der Waals surface area (Å²) in [4.78, 5) is 11.6. The molecule has 154 valence electrons.